The zero-order chi connectivity index (χ0) is 15.2. The summed E-state index contributed by atoms with van der Waals surface area (Å²) in [4.78, 5) is 4.06. The van der Waals surface area contributed by atoms with E-state index in [2.05, 4.69) is 11.1 Å². The molecule has 0 saturated heterocycles. The molecule has 1 aromatic heterocycles. The van der Waals surface area contributed by atoms with Crippen molar-refractivity contribution in [2.75, 3.05) is 14.2 Å². The number of hydrogen-bond acceptors (Lipinski definition) is 4. The van der Waals surface area contributed by atoms with Crippen LogP contribution < -0.4 is 9.47 Å². The van der Waals surface area contributed by atoms with Crippen LogP contribution in [-0.2, 0) is 0 Å². The van der Waals surface area contributed by atoms with Gasteiger partial charge in [-0.3, -0.25) is 4.98 Å². The molecule has 21 heavy (non-hydrogen) atoms. The lowest BCUT2D eigenvalue weighted by molar-refractivity contribution is 0.355. The van der Waals surface area contributed by atoms with Crippen LogP contribution in [0.2, 0.25) is 0 Å². The van der Waals surface area contributed by atoms with Crippen LogP contribution >= 0.6 is 0 Å². The van der Waals surface area contributed by atoms with Crippen LogP contribution in [0.5, 0.6) is 11.5 Å². The van der Waals surface area contributed by atoms with Gasteiger partial charge in [-0.1, -0.05) is 12.1 Å². The highest BCUT2D eigenvalue weighted by atomic mass is 16.5. The van der Waals surface area contributed by atoms with Crippen molar-refractivity contribution < 1.29 is 9.47 Å². The number of rotatable bonds is 4. The summed E-state index contributed by atoms with van der Waals surface area (Å²) in [5.74, 6) is 1.30. The molecule has 1 aromatic carbocycles. The predicted molar refractivity (Wildman–Crippen MR) is 81.9 cm³/mol. The maximum Gasteiger partial charge on any atom is 0.161 e. The van der Waals surface area contributed by atoms with E-state index in [-0.39, 0.29) is 0 Å². The van der Waals surface area contributed by atoms with Crippen molar-refractivity contribution in [1.29, 1.82) is 5.26 Å². The van der Waals surface area contributed by atoms with E-state index in [0.29, 0.717) is 17.1 Å². The van der Waals surface area contributed by atoms with Crippen molar-refractivity contribution in [3.8, 4) is 17.6 Å². The maximum absolute atomic E-state index is 9.45. The first-order valence-corrected chi connectivity index (χ1v) is 6.45. The molecule has 0 spiro atoms. The van der Waals surface area contributed by atoms with Gasteiger partial charge in [0, 0.05) is 18.0 Å². The molecule has 0 fully saturated rings. The Morgan fingerprint density at radius 3 is 2.43 bits per heavy atom. The molecule has 0 radical (unpaired) electrons. The summed E-state index contributed by atoms with van der Waals surface area (Å²) in [5, 5.41) is 9.45. The number of hydrogen-bond donors (Lipinski definition) is 0. The lowest BCUT2D eigenvalue weighted by atomic mass is 9.97. The van der Waals surface area contributed by atoms with Gasteiger partial charge in [-0.25, -0.2) is 0 Å². The Morgan fingerprint density at radius 1 is 1.10 bits per heavy atom. The van der Waals surface area contributed by atoms with E-state index in [9.17, 15) is 5.26 Å². The van der Waals surface area contributed by atoms with E-state index in [0.717, 1.165) is 16.7 Å². The second kappa shape index (κ2) is 6.58. The highest BCUT2D eigenvalue weighted by Gasteiger charge is 2.10. The molecule has 0 saturated carbocycles. The Hall–Kier alpha value is -2.80. The Morgan fingerprint density at radius 2 is 1.86 bits per heavy atom. The minimum Gasteiger partial charge on any atom is -0.493 e. The maximum atomic E-state index is 9.45. The summed E-state index contributed by atoms with van der Waals surface area (Å²) in [6.07, 6.45) is 3.37. The van der Waals surface area contributed by atoms with E-state index in [1.165, 1.54) is 0 Å². The first-order chi connectivity index (χ1) is 10.2. The van der Waals surface area contributed by atoms with Crippen LogP contribution in [0.4, 0.5) is 0 Å². The number of benzene rings is 1. The van der Waals surface area contributed by atoms with E-state index >= 15 is 0 Å². The van der Waals surface area contributed by atoms with Gasteiger partial charge in [0.1, 0.15) is 6.07 Å². The normalized spacial score (nSPS) is 11.3. The van der Waals surface area contributed by atoms with E-state index in [4.69, 9.17) is 9.47 Å². The quantitative estimate of drug-likeness (QED) is 0.804. The molecule has 0 amide bonds. The van der Waals surface area contributed by atoms with Gasteiger partial charge in [0.05, 0.1) is 19.8 Å². The van der Waals surface area contributed by atoms with Gasteiger partial charge >= 0.3 is 0 Å². The van der Waals surface area contributed by atoms with Gasteiger partial charge in [0.25, 0.3) is 0 Å². The fourth-order valence-electron chi connectivity index (χ4n) is 2.09. The van der Waals surface area contributed by atoms with Crippen molar-refractivity contribution in [3.05, 3.63) is 53.9 Å². The fraction of sp³-hybridized carbons (Fsp3) is 0.176. The van der Waals surface area contributed by atoms with Crippen LogP contribution in [0.3, 0.4) is 0 Å². The summed E-state index contributed by atoms with van der Waals surface area (Å²) >= 11 is 0. The molecule has 0 N–H and O–H groups in total. The molecular formula is C17H16N2O2. The Balaban J connectivity index is 2.54. The smallest absolute Gasteiger partial charge is 0.161 e. The molecule has 0 aliphatic rings. The molecule has 0 unspecified atom stereocenters. The Labute approximate surface area is 124 Å². The minimum atomic E-state index is 0.593. The number of aromatic nitrogens is 1. The lowest BCUT2D eigenvalue weighted by Gasteiger charge is -2.11. The lowest BCUT2D eigenvalue weighted by Crippen LogP contribution is -1.93. The molecule has 0 aliphatic carbocycles. The second-order valence-corrected chi connectivity index (χ2v) is 4.42. The summed E-state index contributed by atoms with van der Waals surface area (Å²) < 4.78 is 10.5. The number of ether oxygens (including phenoxy) is 2. The van der Waals surface area contributed by atoms with Gasteiger partial charge in [-0.05, 0) is 36.3 Å². The van der Waals surface area contributed by atoms with E-state index < -0.39 is 0 Å². The minimum absolute atomic E-state index is 0.593. The number of methoxy groups -OCH3 is 2. The van der Waals surface area contributed by atoms with Crippen molar-refractivity contribution in [1.82, 2.24) is 4.98 Å². The molecule has 0 bridgehead atoms. The van der Waals surface area contributed by atoms with Crippen LogP contribution in [0, 0.1) is 11.3 Å². The van der Waals surface area contributed by atoms with Gasteiger partial charge in [-0.2, -0.15) is 5.26 Å². The van der Waals surface area contributed by atoms with Crippen LogP contribution in [0.15, 0.2) is 42.7 Å². The number of pyridine rings is 1. The number of allylic oxidation sites excluding steroid dienone is 2. The highest BCUT2D eigenvalue weighted by Crippen LogP contribution is 2.32. The number of nitrogens with zero attached hydrogens (tertiary/aromatic N) is 2. The monoisotopic (exact) mass is 280 g/mol. The molecule has 0 atom stereocenters. The van der Waals surface area contributed by atoms with Crippen LogP contribution in [-0.4, -0.2) is 19.2 Å². The first kappa shape index (κ1) is 14.6. The average molecular weight is 280 g/mol. The second-order valence-electron chi connectivity index (χ2n) is 4.42. The van der Waals surface area contributed by atoms with Gasteiger partial charge in [0.2, 0.25) is 0 Å². The summed E-state index contributed by atoms with van der Waals surface area (Å²) in [6.45, 7) is 1.91. The molecular weight excluding hydrogens is 264 g/mol. The van der Waals surface area contributed by atoms with E-state index in [1.54, 1.807) is 26.6 Å². The molecule has 2 aromatic rings. The first-order valence-electron chi connectivity index (χ1n) is 6.45. The van der Waals surface area contributed by atoms with Crippen LogP contribution in [0.25, 0.3) is 11.1 Å². The SMILES string of the molecule is COc1ccc(C(C)=C(C#N)c2cccnc2)cc1OC. The zero-order valence-corrected chi connectivity index (χ0v) is 12.3. The fourth-order valence-corrected chi connectivity index (χ4v) is 2.09. The Kier molecular flexibility index (Phi) is 4.57. The zero-order valence-electron chi connectivity index (χ0n) is 12.3. The topological polar surface area (TPSA) is 55.1 Å². The third-order valence-corrected chi connectivity index (χ3v) is 3.25. The van der Waals surface area contributed by atoms with Gasteiger partial charge in [0.15, 0.2) is 11.5 Å². The summed E-state index contributed by atoms with van der Waals surface area (Å²) in [5.41, 5.74) is 3.17. The van der Waals surface area contributed by atoms with Crippen molar-refractivity contribution in [2.45, 2.75) is 6.92 Å². The molecule has 1 heterocycles. The Bertz CT molecular complexity index is 700. The summed E-state index contributed by atoms with van der Waals surface area (Å²) in [7, 11) is 3.18. The third-order valence-electron chi connectivity index (χ3n) is 3.25. The van der Waals surface area contributed by atoms with Gasteiger partial charge < -0.3 is 9.47 Å². The molecule has 2 rings (SSSR count). The van der Waals surface area contributed by atoms with Crippen LogP contribution in [0.1, 0.15) is 18.1 Å². The highest BCUT2D eigenvalue weighted by molar-refractivity contribution is 5.96. The molecule has 0 aliphatic heterocycles. The standard InChI is InChI=1S/C17H16N2O2/c1-12(15(10-18)14-5-4-8-19-11-14)13-6-7-16(20-2)17(9-13)21-3/h4-9,11H,1-3H3. The number of nitriles is 1. The molecule has 106 valence electrons. The van der Waals surface area contributed by atoms with Crippen molar-refractivity contribution in [2.24, 2.45) is 0 Å². The summed E-state index contributed by atoms with van der Waals surface area (Å²) in [6, 6.07) is 11.5. The predicted octanol–water partition coefficient (Wildman–Crippen LogP) is 3.55. The van der Waals surface area contributed by atoms with Gasteiger partial charge in [-0.15, -0.1) is 0 Å². The third kappa shape index (κ3) is 3.03. The molecule has 4 nitrogen and oxygen atoms in total. The largest absolute Gasteiger partial charge is 0.493 e. The molecule has 4 heteroatoms. The van der Waals surface area contributed by atoms with Crippen molar-refractivity contribution >= 4 is 11.1 Å². The van der Waals surface area contributed by atoms with Crippen molar-refractivity contribution in [3.63, 3.8) is 0 Å². The average Bonchev–Trinajstić information content (AvgIpc) is 2.55. The van der Waals surface area contributed by atoms with E-state index in [1.807, 2.05) is 37.3 Å².